The predicted molar refractivity (Wildman–Crippen MR) is 75.9 cm³/mol. The summed E-state index contributed by atoms with van der Waals surface area (Å²) in [5.74, 6) is 0.899. The molecule has 1 aliphatic heterocycles. The van der Waals surface area contributed by atoms with Gasteiger partial charge in [0.2, 0.25) is 0 Å². The highest BCUT2D eigenvalue weighted by Crippen LogP contribution is 2.27. The summed E-state index contributed by atoms with van der Waals surface area (Å²) in [6.07, 6.45) is 2.20. The van der Waals surface area contributed by atoms with Crippen LogP contribution in [0.15, 0.2) is 18.2 Å². The van der Waals surface area contributed by atoms with Crippen molar-refractivity contribution in [1.29, 1.82) is 0 Å². The molecule has 100 valence electrons. The summed E-state index contributed by atoms with van der Waals surface area (Å²) < 4.78 is 6.47. The van der Waals surface area contributed by atoms with E-state index in [4.69, 9.17) is 4.74 Å². The van der Waals surface area contributed by atoms with Gasteiger partial charge in [-0.05, 0) is 38.0 Å². The van der Waals surface area contributed by atoms with Crippen LogP contribution in [0.2, 0.25) is 0 Å². The minimum atomic E-state index is 0.0664. The molecule has 1 saturated heterocycles. The number of ether oxygens (including phenoxy) is 1. The van der Waals surface area contributed by atoms with E-state index in [-0.39, 0.29) is 5.91 Å². The number of carbonyl (C=O) groups excluding carboxylic acids is 1. The second kappa shape index (κ2) is 5.17. The molecule has 4 nitrogen and oxygen atoms in total. The van der Waals surface area contributed by atoms with Gasteiger partial charge in [-0.15, -0.1) is 11.3 Å². The Morgan fingerprint density at radius 2 is 2.21 bits per heavy atom. The lowest BCUT2D eigenvalue weighted by atomic mass is 10.3. The maximum atomic E-state index is 12.3. The number of rotatable bonds is 3. The van der Waals surface area contributed by atoms with Crippen LogP contribution in [-0.2, 0) is 0 Å². The van der Waals surface area contributed by atoms with E-state index < -0.39 is 0 Å². The number of thiazole rings is 1. The van der Waals surface area contributed by atoms with Crippen molar-refractivity contribution in [3.63, 3.8) is 0 Å². The Kier molecular flexibility index (Phi) is 3.38. The molecule has 1 aromatic heterocycles. The van der Waals surface area contributed by atoms with Gasteiger partial charge < -0.3 is 9.64 Å². The Morgan fingerprint density at radius 3 is 2.95 bits per heavy atom. The third-order valence-corrected chi connectivity index (χ3v) is 4.25. The SMILES string of the molecule is CCOc1ccc2nc(C(=O)N3CCCC3)sc2c1. The maximum Gasteiger partial charge on any atom is 0.282 e. The van der Waals surface area contributed by atoms with Gasteiger partial charge in [0, 0.05) is 13.1 Å². The fraction of sp³-hybridized carbons (Fsp3) is 0.429. The molecular weight excluding hydrogens is 260 g/mol. The van der Waals surface area contributed by atoms with E-state index in [1.165, 1.54) is 11.3 Å². The van der Waals surface area contributed by atoms with Crippen LogP contribution in [0.25, 0.3) is 10.2 Å². The van der Waals surface area contributed by atoms with Crippen molar-refractivity contribution >= 4 is 27.5 Å². The van der Waals surface area contributed by atoms with E-state index in [9.17, 15) is 4.79 Å². The summed E-state index contributed by atoms with van der Waals surface area (Å²) in [4.78, 5) is 18.6. The van der Waals surface area contributed by atoms with E-state index >= 15 is 0 Å². The average Bonchev–Trinajstić information content (AvgIpc) is 3.07. The van der Waals surface area contributed by atoms with Crippen LogP contribution in [0.4, 0.5) is 0 Å². The minimum Gasteiger partial charge on any atom is -0.494 e. The van der Waals surface area contributed by atoms with Crippen LogP contribution in [0, 0.1) is 0 Å². The molecule has 1 aromatic carbocycles. The van der Waals surface area contributed by atoms with E-state index in [2.05, 4.69) is 4.98 Å². The van der Waals surface area contributed by atoms with Gasteiger partial charge in [0.15, 0.2) is 5.01 Å². The number of benzene rings is 1. The van der Waals surface area contributed by atoms with Crippen molar-refractivity contribution < 1.29 is 9.53 Å². The molecule has 1 aliphatic rings. The molecule has 0 N–H and O–H groups in total. The van der Waals surface area contributed by atoms with Crippen LogP contribution in [-0.4, -0.2) is 35.5 Å². The molecule has 0 spiro atoms. The Bertz CT molecular complexity index is 603. The van der Waals surface area contributed by atoms with Crippen molar-refractivity contribution in [1.82, 2.24) is 9.88 Å². The van der Waals surface area contributed by atoms with Crippen LogP contribution in [0.1, 0.15) is 29.6 Å². The van der Waals surface area contributed by atoms with Crippen LogP contribution < -0.4 is 4.74 Å². The Labute approximate surface area is 116 Å². The topological polar surface area (TPSA) is 42.4 Å². The molecule has 0 radical (unpaired) electrons. The zero-order valence-electron chi connectivity index (χ0n) is 10.9. The van der Waals surface area contributed by atoms with E-state index in [1.54, 1.807) is 0 Å². The lowest BCUT2D eigenvalue weighted by Crippen LogP contribution is -2.27. The fourth-order valence-electron chi connectivity index (χ4n) is 2.31. The summed E-state index contributed by atoms with van der Waals surface area (Å²) in [6, 6.07) is 5.77. The number of nitrogens with zero attached hydrogens (tertiary/aromatic N) is 2. The predicted octanol–water partition coefficient (Wildman–Crippen LogP) is 2.93. The average molecular weight is 276 g/mol. The lowest BCUT2D eigenvalue weighted by Gasteiger charge is -2.12. The highest BCUT2D eigenvalue weighted by molar-refractivity contribution is 7.20. The Balaban J connectivity index is 1.90. The molecule has 5 heteroatoms. The van der Waals surface area contributed by atoms with Crippen molar-refractivity contribution in [2.75, 3.05) is 19.7 Å². The fourth-order valence-corrected chi connectivity index (χ4v) is 3.27. The van der Waals surface area contributed by atoms with Gasteiger partial charge in [0.1, 0.15) is 5.75 Å². The first-order chi connectivity index (χ1) is 9.28. The Hall–Kier alpha value is -1.62. The van der Waals surface area contributed by atoms with Gasteiger partial charge >= 0.3 is 0 Å². The number of carbonyl (C=O) groups is 1. The monoisotopic (exact) mass is 276 g/mol. The molecule has 1 fully saturated rings. The summed E-state index contributed by atoms with van der Waals surface area (Å²) in [5, 5.41) is 0.588. The van der Waals surface area contributed by atoms with Crippen LogP contribution >= 0.6 is 11.3 Å². The molecule has 0 saturated carbocycles. The second-order valence-corrected chi connectivity index (χ2v) is 5.61. The molecule has 2 heterocycles. The van der Waals surface area contributed by atoms with Gasteiger partial charge in [-0.3, -0.25) is 4.79 Å². The van der Waals surface area contributed by atoms with Crippen LogP contribution in [0.5, 0.6) is 5.75 Å². The van der Waals surface area contributed by atoms with E-state index in [1.807, 2.05) is 30.0 Å². The summed E-state index contributed by atoms with van der Waals surface area (Å²) in [7, 11) is 0. The smallest absolute Gasteiger partial charge is 0.282 e. The van der Waals surface area contributed by atoms with Gasteiger partial charge in [0.05, 0.1) is 16.8 Å². The molecule has 0 atom stereocenters. The first-order valence-electron chi connectivity index (χ1n) is 6.60. The van der Waals surface area contributed by atoms with Gasteiger partial charge in [-0.1, -0.05) is 0 Å². The summed E-state index contributed by atoms with van der Waals surface area (Å²) in [5.41, 5.74) is 0.871. The number of likely N-dealkylation sites (tertiary alicyclic amines) is 1. The first kappa shape index (κ1) is 12.4. The van der Waals surface area contributed by atoms with Crippen molar-refractivity contribution in [3.05, 3.63) is 23.2 Å². The number of hydrogen-bond donors (Lipinski definition) is 0. The highest BCUT2D eigenvalue weighted by Gasteiger charge is 2.22. The molecule has 2 aromatic rings. The number of amides is 1. The molecule has 0 bridgehead atoms. The number of hydrogen-bond acceptors (Lipinski definition) is 4. The zero-order valence-corrected chi connectivity index (χ0v) is 11.7. The normalized spacial score (nSPS) is 15.1. The number of fused-ring (bicyclic) bond motifs is 1. The van der Waals surface area contributed by atoms with Crippen molar-refractivity contribution in [3.8, 4) is 5.75 Å². The third-order valence-electron chi connectivity index (χ3n) is 3.25. The van der Waals surface area contributed by atoms with E-state index in [0.717, 1.165) is 41.9 Å². The van der Waals surface area contributed by atoms with Crippen LogP contribution in [0.3, 0.4) is 0 Å². The van der Waals surface area contributed by atoms with Gasteiger partial charge in [-0.2, -0.15) is 0 Å². The Morgan fingerprint density at radius 1 is 1.42 bits per heavy atom. The van der Waals surface area contributed by atoms with Crippen molar-refractivity contribution in [2.45, 2.75) is 19.8 Å². The quantitative estimate of drug-likeness (QED) is 0.865. The second-order valence-electron chi connectivity index (χ2n) is 4.58. The molecule has 0 aliphatic carbocycles. The van der Waals surface area contributed by atoms with E-state index in [0.29, 0.717) is 11.6 Å². The molecule has 3 rings (SSSR count). The molecular formula is C14H16N2O2S. The zero-order chi connectivity index (χ0) is 13.2. The maximum absolute atomic E-state index is 12.3. The van der Waals surface area contributed by atoms with Crippen molar-refractivity contribution in [2.24, 2.45) is 0 Å². The third kappa shape index (κ3) is 2.42. The molecule has 1 amide bonds. The van der Waals surface area contributed by atoms with Gasteiger partial charge in [-0.25, -0.2) is 4.98 Å². The lowest BCUT2D eigenvalue weighted by molar-refractivity contribution is 0.0792. The number of aromatic nitrogens is 1. The minimum absolute atomic E-state index is 0.0664. The van der Waals surface area contributed by atoms with Gasteiger partial charge in [0.25, 0.3) is 5.91 Å². The summed E-state index contributed by atoms with van der Waals surface area (Å²) in [6.45, 7) is 4.32. The highest BCUT2D eigenvalue weighted by atomic mass is 32.1. The molecule has 19 heavy (non-hydrogen) atoms. The summed E-state index contributed by atoms with van der Waals surface area (Å²) >= 11 is 1.45. The first-order valence-corrected chi connectivity index (χ1v) is 7.42. The standard InChI is InChI=1S/C14H16N2O2S/c1-2-18-10-5-6-11-12(9-10)19-13(15-11)14(17)16-7-3-4-8-16/h5-6,9H,2-4,7-8H2,1H3. The largest absolute Gasteiger partial charge is 0.494 e. The molecule has 0 unspecified atom stereocenters.